The van der Waals surface area contributed by atoms with Crippen LogP contribution in [-0.2, 0) is 0 Å². The van der Waals surface area contributed by atoms with Crippen molar-refractivity contribution >= 4 is 39.5 Å². The van der Waals surface area contributed by atoms with Crippen LogP contribution in [0.1, 0.15) is 55.2 Å². The van der Waals surface area contributed by atoms with Crippen LogP contribution in [0.4, 0.5) is 17.1 Å². The maximum atomic E-state index is 3.87. The first-order valence-corrected chi connectivity index (χ1v) is 16.3. The second kappa shape index (κ2) is 11.4. The van der Waals surface area contributed by atoms with Crippen LogP contribution in [0.15, 0.2) is 145 Å². The average Bonchev–Trinajstić information content (AvgIpc) is 3.08. The summed E-state index contributed by atoms with van der Waals surface area (Å²) in [5.41, 5.74) is 12.7. The van der Waals surface area contributed by atoms with Crippen LogP contribution >= 0.6 is 0 Å². The van der Waals surface area contributed by atoms with Gasteiger partial charge in [0.05, 0.1) is 0 Å². The second-order valence-corrected chi connectivity index (χ2v) is 12.8. The van der Waals surface area contributed by atoms with Crippen molar-refractivity contribution in [1.82, 2.24) is 0 Å². The van der Waals surface area contributed by atoms with Gasteiger partial charge in [0.2, 0.25) is 0 Å². The van der Waals surface area contributed by atoms with Gasteiger partial charge in [-0.3, -0.25) is 0 Å². The third-order valence-electron chi connectivity index (χ3n) is 9.82. The van der Waals surface area contributed by atoms with E-state index in [1.165, 1.54) is 57.0 Å². The maximum absolute atomic E-state index is 3.87. The van der Waals surface area contributed by atoms with Crippen LogP contribution in [0.5, 0.6) is 0 Å². The summed E-state index contributed by atoms with van der Waals surface area (Å²) in [6.07, 6.45) is 18.9. The Morgan fingerprint density at radius 2 is 1.51 bits per heavy atom. The van der Waals surface area contributed by atoms with E-state index in [0.29, 0.717) is 0 Å². The number of anilines is 3. The summed E-state index contributed by atoms with van der Waals surface area (Å²) < 4.78 is 0. The number of hydrogen-bond acceptors (Lipinski definition) is 2. The Morgan fingerprint density at radius 1 is 0.733 bits per heavy atom. The Kier molecular flexibility index (Phi) is 6.99. The molecule has 3 aliphatic rings. The summed E-state index contributed by atoms with van der Waals surface area (Å²) in [7, 11) is 0. The van der Waals surface area contributed by atoms with Crippen molar-refractivity contribution in [2.24, 2.45) is 5.41 Å². The third-order valence-corrected chi connectivity index (χ3v) is 9.82. The van der Waals surface area contributed by atoms with Crippen molar-refractivity contribution in [3.05, 3.63) is 162 Å². The highest BCUT2D eigenvalue weighted by atomic mass is 14.9. The normalized spacial score (nSPS) is 20.2. The fourth-order valence-corrected chi connectivity index (χ4v) is 7.54. The number of para-hydroxylation sites is 3. The van der Waals surface area contributed by atoms with Crippen molar-refractivity contribution in [2.75, 3.05) is 10.6 Å². The van der Waals surface area contributed by atoms with E-state index in [0.717, 1.165) is 35.6 Å². The molecule has 0 fully saturated rings. The quantitative estimate of drug-likeness (QED) is 0.208. The maximum Gasteiger partial charge on any atom is 0.0464 e. The van der Waals surface area contributed by atoms with Gasteiger partial charge in [0.1, 0.15) is 0 Å². The highest BCUT2D eigenvalue weighted by Crippen LogP contribution is 2.53. The third kappa shape index (κ3) is 5.11. The van der Waals surface area contributed by atoms with E-state index < -0.39 is 0 Å². The Balaban J connectivity index is 1.19. The van der Waals surface area contributed by atoms with Crippen molar-refractivity contribution < 1.29 is 0 Å². The number of rotatable bonds is 6. The minimum atomic E-state index is 0.0772. The van der Waals surface area contributed by atoms with Gasteiger partial charge in [0.15, 0.2) is 0 Å². The SMILES string of the molecule is CC12C=Cc3c(c(-c4ccccc4NC4=CC(c5ccccc5Nc5ccccc5)CC=C4)cc4ccccc34)C1=CCCC2. The molecule has 0 amide bonds. The standard InChI is InChI=1S/C43H38N2/c1-43-26-12-11-22-39(43)42-37(25-27-43)34-19-6-5-14-31(34)29-38(42)36-21-8-10-24-41(36)45-33-18-13-15-30(28-33)35-20-7-9-23-40(35)44-32-16-3-2-4-17-32/h2-10,13-14,16-25,27-30,44-45H,11-12,15,26H2,1H3. The number of fused-ring (bicyclic) bond motifs is 5. The van der Waals surface area contributed by atoms with Crippen molar-refractivity contribution in [2.45, 2.75) is 38.5 Å². The van der Waals surface area contributed by atoms with Gasteiger partial charge >= 0.3 is 0 Å². The lowest BCUT2D eigenvalue weighted by molar-refractivity contribution is 0.479. The molecule has 5 aromatic carbocycles. The number of hydrogen-bond donors (Lipinski definition) is 2. The van der Waals surface area contributed by atoms with E-state index >= 15 is 0 Å². The molecule has 0 bridgehead atoms. The summed E-state index contributed by atoms with van der Waals surface area (Å²) in [6.45, 7) is 2.42. The number of nitrogens with one attached hydrogen (secondary N) is 2. The summed E-state index contributed by atoms with van der Waals surface area (Å²) in [6, 6.07) is 39.2. The number of benzene rings is 5. The molecule has 2 N–H and O–H groups in total. The number of allylic oxidation sites excluding steroid dienone is 6. The molecule has 45 heavy (non-hydrogen) atoms. The van der Waals surface area contributed by atoms with Crippen molar-refractivity contribution in [1.29, 1.82) is 0 Å². The Hall–Kier alpha value is -5.08. The molecule has 2 unspecified atom stereocenters. The molecule has 2 heteroatoms. The smallest absolute Gasteiger partial charge is 0.0464 e. The van der Waals surface area contributed by atoms with Gasteiger partial charge in [-0.25, -0.2) is 0 Å². The first kappa shape index (κ1) is 27.5. The summed E-state index contributed by atoms with van der Waals surface area (Å²) >= 11 is 0. The zero-order chi connectivity index (χ0) is 30.2. The monoisotopic (exact) mass is 582 g/mol. The topological polar surface area (TPSA) is 24.1 Å². The lowest BCUT2D eigenvalue weighted by atomic mass is 9.66. The van der Waals surface area contributed by atoms with Crippen molar-refractivity contribution in [3.63, 3.8) is 0 Å². The second-order valence-electron chi connectivity index (χ2n) is 12.8. The van der Waals surface area contributed by atoms with E-state index in [4.69, 9.17) is 0 Å². The fraction of sp³-hybridized carbons (Fsp3) is 0.163. The van der Waals surface area contributed by atoms with Gasteiger partial charge in [-0.15, -0.1) is 0 Å². The first-order valence-electron chi connectivity index (χ1n) is 16.3. The molecule has 3 aliphatic carbocycles. The van der Waals surface area contributed by atoms with Crippen molar-refractivity contribution in [3.8, 4) is 11.1 Å². The molecule has 220 valence electrons. The molecule has 2 atom stereocenters. The highest BCUT2D eigenvalue weighted by molar-refractivity contribution is 6.05. The summed E-state index contributed by atoms with van der Waals surface area (Å²) in [5, 5.41) is 10.1. The molecule has 0 aromatic heterocycles. The van der Waals surface area contributed by atoms with Gasteiger partial charge < -0.3 is 10.6 Å². The molecule has 2 nitrogen and oxygen atoms in total. The molecular weight excluding hydrogens is 544 g/mol. The van der Waals surface area contributed by atoms with Crippen LogP contribution in [0.3, 0.4) is 0 Å². The molecule has 0 aliphatic heterocycles. The van der Waals surface area contributed by atoms with Gasteiger partial charge in [-0.05, 0) is 101 Å². The van der Waals surface area contributed by atoms with E-state index in [1.807, 2.05) is 0 Å². The summed E-state index contributed by atoms with van der Waals surface area (Å²) in [5.74, 6) is 0.267. The first-order chi connectivity index (χ1) is 22.2. The molecule has 8 rings (SSSR count). The van der Waals surface area contributed by atoms with Gasteiger partial charge in [-0.2, -0.15) is 0 Å². The van der Waals surface area contributed by atoms with Crippen LogP contribution < -0.4 is 10.6 Å². The molecular formula is C43H38N2. The molecule has 0 heterocycles. The van der Waals surface area contributed by atoms with E-state index in [1.54, 1.807) is 0 Å². The van der Waals surface area contributed by atoms with Gasteiger partial charge in [-0.1, -0.05) is 116 Å². The zero-order valence-corrected chi connectivity index (χ0v) is 25.8. The molecule has 0 spiro atoms. The minimum Gasteiger partial charge on any atom is -0.355 e. The van der Waals surface area contributed by atoms with Crippen LogP contribution in [0.25, 0.3) is 33.5 Å². The van der Waals surface area contributed by atoms with E-state index in [-0.39, 0.29) is 11.3 Å². The Labute approximate surface area is 266 Å². The highest BCUT2D eigenvalue weighted by Gasteiger charge is 2.35. The van der Waals surface area contributed by atoms with E-state index in [9.17, 15) is 0 Å². The van der Waals surface area contributed by atoms with Gasteiger partial charge in [0.25, 0.3) is 0 Å². The molecule has 0 radical (unpaired) electrons. The van der Waals surface area contributed by atoms with Crippen LogP contribution in [-0.4, -0.2) is 0 Å². The lowest BCUT2D eigenvalue weighted by Gasteiger charge is -2.38. The average molecular weight is 583 g/mol. The lowest BCUT2D eigenvalue weighted by Crippen LogP contribution is -2.22. The predicted molar refractivity (Wildman–Crippen MR) is 193 cm³/mol. The summed E-state index contributed by atoms with van der Waals surface area (Å²) in [4.78, 5) is 0. The zero-order valence-electron chi connectivity index (χ0n) is 25.8. The molecule has 5 aromatic rings. The predicted octanol–water partition coefficient (Wildman–Crippen LogP) is 11.9. The Bertz CT molecular complexity index is 2030. The van der Waals surface area contributed by atoms with E-state index in [2.05, 4.69) is 163 Å². The van der Waals surface area contributed by atoms with Crippen LogP contribution in [0.2, 0.25) is 0 Å². The molecule has 0 saturated heterocycles. The largest absolute Gasteiger partial charge is 0.355 e. The minimum absolute atomic E-state index is 0.0772. The fourth-order valence-electron chi connectivity index (χ4n) is 7.54. The van der Waals surface area contributed by atoms with Crippen LogP contribution in [0, 0.1) is 5.41 Å². The Morgan fingerprint density at radius 3 is 2.42 bits per heavy atom. The van der Waals surface area contributed by atoms with Gasteiger partial charge in [0, 0.05) is 39.7 Å². The molecule has 0 saturated carbocycles.